The van der Waals surface area contributed by atoms with Crippen molar-refractivity contribution in [3.8, 4) is 0 Å². The highest BCUT2D eigenvalue weighted by atomic mass is 16.5. The maximum atomic E-state index is 11.0. The van der Waals surface area contributed by atoms with Crippen LogP contribution in [-0.2, 0) is 16.0 Å². The molecule has 2 heteroatoms. The van der Waals surface area contributed by atoms with Gasteiger partial charge in [0.25, 0.3) is 0 Å². The SMILES string of the molecule is COC(=O)CCCCCCc1ccc(/C=C/c2ccccc2)cc1. The van der Waals surface area contributed by atoms with Gasteiger partial charge in [-0.15, -0.1) is 0 Å². The molecule has 2 rings (SSSR count). The molecule has 0 aliphatic carbocycles. The van der Waals surface area contributed by atoms with Crippen molar-refractivity contribution >= 4 is 18.1 Å². The van der Waals surface area contributed by atoms with Gasteiger partial charge in [0.1, 0.15) is 0 Å². The van der Waals surface area contributed by atoms with Gasteiger partial charge < -0.3 is 4.74 Å². The molecule has 0 aromatic heterocycles. The molecule has 2 nitrogen and oxygen atoms in total. The predicted molar refractivity (Wildman–Crippen MR) is 101 cm³/mol. The summed E-state index contributed by atoms with van der Waals surface area (Å²) in [6, 6.07) is 19.1. The van der Waals surface area contributed by atoms with E-state index in [1.807, 2.05) is 18.2 Å². The molecule has 0 N–H and O–H groups in total. The molecule has 0 aliphatic heterocycles. The second-order valence-corrected chi connectivity index (χ2v) is 5.98. The Morgan fingerprint density at radius 1 is 0.833 bits per heavy atom. The molecule has 0 fully saturated rings. The number of unbranched alkanes of at least 4 members (excludes halogenated alkanes) is 3. The normalized spacial score (nSPS) is 10.9. The summed E-state index contributed by atoms with van der Waals surface area (Å²) in [6.07, 6.45) is 10.3. The van der Waals surface area contributed by atoms with Crippen LogP contribution in [0.25, 0.3) is 12.2 Å². The van der Waals surface area contributed by atoms with Crippen LogP contribution in [0.3, 0.4) is 0 Å². The summed E-state index contributed by atoms with van der Waals surface area (Å²) < 4.78 is 4.64. The molecule has 2 aromatic rings. The molecule has 0 atom stereocenters. The lowest BCUT2D eigenvalue weighted by Crippen LogP contribution is -1.99. The van der Waals surface area contributed by atoms with Crippen LogP contribution in [0.2, 0.25) is 0 Å². The minimum Gasteiger partial charge on any atom is -0.469 e. The number of aryl methyl sites for hydroxylation is 1. The smallest absolute Gasteiger partial charge is 0.305 e. The Morgan fingerprint density at radius 3 is 2.12 bits per heavy atom. The molecule has 0 heterocycles. The molecule has 2 aromatic carbocycles. The predicted octanol–water partition coefficient (Wildman–Crippen LogP) is 5.52. The molecule has 0 spiro atoms. The van der Waals surface area contributed by atoms with E-state index in [2.05, 4.69) is 53.3 Å². The molecule has 0 radical (unpaired) electrons. The van der Waals surface area contributed by atoms with Crippen molar-refractivity contribution in [2.24, 2.45) is 0 Å². The number of carbonyl (C=O) groups is 1. The lowest BCUT2D eigenvalue weighted by molar-refractivity contribution is -0.140. The van der Waals surface area contributed by atoms with Gasteiger partial charge in [0.2, 0.25) is 0 Å². The second-order valence-electron chi connectivity index (χ2n) is 5.98. The highest BCUT2D eigenvalue weighted by Gasteiger charge is 1.99. The summed E-state index contributed by atoms with van der Waals surface area (Å²) in [6.45, 7) is 0. The monoisotopic (exact) mass is 322 g/mol. The minimum atomic E-state index is -0.103. The van der Waals surface area contributed by atoms with Gasteiger partial charge in [0.15, 0.2) is 0 Å². The topological polar surface area (TPSA) is 26.3 Å². The average Bonchev–Trinajstić information content (AvgIpc) is 2.64. The van der Waals surface area contributed by atoms with E-state index in [1.54, 1.807) is 0 Å². The van der Waals surface area contributed by atoms with E-state index in [0.29, 0.717) is 6.42 Å². The third kappa shape index (κ3) is 6.82. The first-order valence-corrected chi connectivity index (χ1v) is 8.67. The Hall–Kier alpha value is -2.35. The van der Waals surface area contributed by atoms with Gasteiger partial charge in [-0.3, -0.25) is 4.79 Å². The quantitative estimate of drug-likeness (QED) is 0.345. The van der Waals surface area contributed by atoms with Gasteiger partial charge >= 0.3 is 5.97 Å². The summed E-state index contributed by atoms with van der Waals surface area (Å²) in [5, 5.41) is 0. The van der Waals surface area contributed by atoms with Crippen LogP contribution in [0.1, 0.15) is 48.8 Å². The van der Waals surface area contributed by atoms with Crippen LogP contribution < -0.4 is 0 Å². The highest BCUT2D eigenvalue weighted by Crippen LogP contribution is 2.13. The van der Waals surface area contributed by atoms with Crippen molar-refractivity contribution in [2.45, 2.75) is 38.5 Å². The van der Waals surface area contributed by atoms with E-state index in [4.69, 9.17) is 0 Å². The minimum absolute atomic E-state index is 0.103. The van der Waals surface area contributed by atoms with Crippen LogP contribution in [0.5, 0.6) is 0 Å². The Morgan fingerprint density at radius 2 is 1.46 bits per heavy atom. The molecule has 0 unspecified atom stereocenters. The van der Waals surface area contributed by atoms with E-state index < -0.39 is 0 Å². The first-order chi connectivity index (χ1) is 11.8. The van der Waals surface area contributed by atoms with Crippen molar-refractivity contribution in [3.63, 3.8) is 0 Å². The molecular formula is C22H26O2. The van der Waals surface area contributed by atoms with Gasteiger partial charge in [0, 0.05) is 6.42 Å². The first-order valence-electron chi connectivity index (χ1n) is 8.67. The Labute approximate surface area is 145 Å². The van der Waals surface area contributed by atoms with Crippen molar-refractivity contribution in [2.75, 3.05) is 7.11 Å². The fourth-order valence-electron chi connectivity index (χ4n) is 2.61. The van der Waals surface area contributed by atoms with Crippen molar-refractivity contribution in [3.05, 3.63) is 71.3 Å². The number of hydrogen-bond acceptors (Lipinski definition) is 2. The third-order valence-corrected chi connectivity index (χ3v) is 4.07. The Balaban J connectivity index is 1.68. The lowest BCUT2D eigenvalue weighted by atomic mass is 10.0. The number of ether oxygens (including phenoxy) is 1. The Bertz CT molecular complexity index is 627. The van der Waals surface area contributed by atoms with Gasteiger partial charge in [-0.25, -0.2) is 0 Å². The Kier molecular flexibility index (Phi) is 7.82. The molecular weight excluding hydrogens is 296 g/mol. The number of carbonyl (C=O) groups excluding carboxylic acids is 1. The van der Waals surface area contributed by atoms with Crippen molar-refractivity contribution in [1.82, 2.24) is 0 Å². The van der Waals surface area contributed by atoms with Gasteiger partial charge in [-0.1, -0.05) is 79.6 Å². The van der Waals surface area contributed by atoms with Crippen molar-refractivity contribution in [1.29, 1.82) is 0 Å². The maximum Gasteiger partial charge on any atom is 0.305 e. The van der Waals surface area contributed by atoms with Crippen LogP contribution in [-0.4, -0.2) is 13.1 Å². The van der Waals surface area contributed by atoms with Crippen molar-refractivity contribution < 1.29 is 9.53 Å². The first kappa shape index (κ1) is 18.0. The second kappa shape index (κ2) is 10.4. The largest absolute Gasteiger partial charge is 0.469 e. The summed E-state index contributed by atoms with van der Waals surface area (Å²) >= 11 is 0. The van der Waals surface area contributed by atoms with E-state index >= 15 is 0 Å². The number of esters is 1. The summed E-state index contributed by atoms with van der Waals surface area (Å²) in [4.78, 5) is 11.0. The van der Waals surface area contributed by atoms with Crippen LogP contribution in [0.15, 0.2) is 54.6 Å². The molecule has 0 saturated heterocycles. The average molecular weight is 322 g/mol. The van der Waals surface area contributed by atoms with Gasteiger partial charge in [-0.05, 0) is 36.0 Å². The zero-order valence-corrected chi connectivity index (χ0v) is 14.4. The zero-order valence-electron chi connectivity index (χ0n) is 14.4. The third-order valence-electron chi connectivity index (χ3n) is 4.07. The van der Waals surface area contributed by atoms with E-state index in [9.17, 15) is 4.79 Å². The van der Waals surface area contributed by atoms with E-state index in [1.165, 1.54) is 30.2 Å². The number of rotatable bonds is 9. The number of hydrogen-bond donors (Lipinski definition) is 0. The zero-order chi connectivity index (χ0) is 17.0. The number of methoxy groups -OCH3 is 1. The van der Waals surface area contributed by atoms with Crippen LogP contribution in [0, 0.1) is 0 Å². The molecule has 24 heavy (non-hydrogen) atoms. The van der Waals surface area contributed by atoms with Crippen LogP contribution >= 0.6 is 0 Å². The molecule has 0 amide bonds. The molecule has 0 aliphatic rings. The van der Waals surface area contributed by atoms with E-state index in [0.717, 1.165) is 25.7 Å². The van der Waals surface area contributed by atoms with Gasteiger partial charge in [-0.2, -0.15) is 0 Å². The fourth-order valence-corrected chi connectivity index (χ4v) is 2.61. The van der Waals surface area contributed by atoms with Crippen LogP contribution in [0.4, 0.5) is 0 Å². The molecule has 0 saturated carbocycles. The highest BCUT2D eigenvalue weighted by molar-refractivity contribution is 5.69. The summed E-state index contributed by atoms with van der Waals surface area (Å²) in [5.74, 6) is -0.103. The van der Waals surface area contributed by atoms with E-state index in [-0.39, 0.29) is 5.97 Å². The lowest BCUT2D eigenvalue weighted by Gasteiger charge is -2.03. The van der Waals surface area contributed by atoms with Gasteiger partial charge in [0.05, 0.1) is 7.11 Å². The summed E-state index contributed by atoms with van der Waals surface area (Å²) in [5.41, 5.74) is 3.81. The molecule has 126 valence electrons. The molecule has 0 bridgehead atoms. The summed E-state index contributed by atoms with van der Waals surface area (Å²) in [7, 11) is 1.45. The number of benzene rings is 2. The fraction of sp³-hybridized carbons (Fsp3) is 0.318. The maximum absolute atomic E-state index is 11.0. The standard InChI is InChI=1S/C22H26O2/c1-24-22(23)12-8-3-2-5-11-20-14-17-21(18-15-20)16-13-19-9-6-4-7-10-19/h4,6-7,9-10,13-18H,2-3,5,8,11-12H2,1H3/b16-13+.